The summed E-state index contributed by atoms with van der Waals surface area (Å²) in [5.74, 6) is 2.71. The van der Waals surface area contributed by atoms with E-state index in [4.69, 9.17) is 4.99 Å². The Morgan fingerprint density at radius 2 is 2.00 bits per heavy atom. The van der Waals surface area contributed by atoms with E-state index < -0.39 is 5.60 Å². The van der Waals surface area contributed by atoms with Crippen LogP contribution in [0, 0.1) is 0 Å². The highest BCUT2D eigenvalue weighted by atomic mass is 32.2. The van der Waals surface area contributed by atoms with Gasteiger partial charge in [-0.1, -0.05) is 30.3 Å². The van der Waals surface area contributed by atoms with Crippen LogP contribution in [-0.4, -0.2) is 64.3 Å². The molecule has 0 saturated carbocycles. The van der Waals surface area contributed by atoms with Crippen LogP contribution >= 0.6 is 11.8 Å². The van der Waals surface area contributed by atoms with E-state index in [9.17, 15) is 5.11 Å². The third-order valence-corrected chi connectivity index (χ3v) is 7.63. The summed E-state index contributed by atoms with van der Waals surface area (Å²) in [5.41, 5.74) is 0.800. The van der Waals surface area contributed by atoms with Crippen molar-refractivity contribution in [2.75, 3.05) is 24.6 Å². The predicted octanol–water partition coefficient (Wildman–Crippen LogP) is 2.61. The molecular weight excluding hydrogens is 368 g/mol. The van der Waals surface area contributed by atoms with Gasteiger partial charge in [-0.15, -0.1) is 0 Å². The summed E-state index contributed by atoms with van der Waals surface area (Å²) in [6.45, 7) is 4.51. The van der Waals surface area contributed by atoms with Gasteiger partial charge in [0.05, 0.1) is 12.1 Å². The number of rotatable bonds is 6. The van der Waals surface area contributed by atoms with Gasteiger partial charge in [-0.05, 0) is 50.3 Å². The van der Waals surface area contributed by atoms with Crippen LogP contribution in [0.2, 0.25) is 0 Å². The maximum Gasteiger partial charge on any atom is 0.191 e. The number of nitrogens with zero attached hydrogens (tertiary/aromatic N) is 2. The van der Waals surface area contributed by atoms with Crippen molar-refractivity contribution < 1.29 is 5.11 Å². The van der Waals surface area contributed by atoms with Gasteiger partial charge in [-0.2, -0.15) is 11.8 Å². The molecule has 28 heavy (non-hydrogen) atoms. The molecule has 0 spiro atoms. The topological polar surface area (TPSA) is 59.9 Å². The van der Waals surface area contributed by atoms with Gasteiger partial charge in [-0.25, -0.2) is 0 Å². The van der Waals surface area contributed by atoms with E-state index >= 15 is 0 Å². The predicted molar refractivity (Wildman–Crippen MR) is 118 cm³/mol. The zero-order valence-corrected chi connectivity index (χ0v) is 17.8. The molecule has 3 saturated heterocycles. The average Bonchev–Trinajstić information content (AvgIpc) is 3.22. The first kappa shape index (κ1) is 20.0. The molecule has 3 aliphatic rings. The fraction of sp³-hybridized carbons (Fsp3) is 0.682. The molecule has 2 bridgehead atoms. The zero-order chi connectivity index (χ0) is 19.4. The summed E-state index contributed by atoms with van der Waals surface area (Å²) < 4.78 is 0. The summed E-state index contributed by atoms with van der Waals surface area (Å²) in [5, 5.41) is 17.7. The van der Waals surface area contributed by atoms with Crippen molar-refractivity contribution >= 4 is 17.7 Å². The van der Waals surface area contributed by atoms with E-state index in [0.29, 0.717) is 24.7 Å². The van der Waals surface area contributed by atoms with Crippen LogP contribution in [0.15, 0.2) is 35.3 Å². The average molecular weight is 403 g/mol. The molecule has 6 heteroatoms. The van der Waals surface area contributed by atoms with E-state index in [2.05, 4.69) is 52.8 Å². The summed E-state index contributed by atoms with van der Waals surface area (Å²) in [6, 6.07) is 12.6. The number of nitrogens with one attached hydrogen (secondary N) is 2. The molecule has 5 nitrogen and oxygen atoms in total. The number of aliphatic hydroxyl groups is 1. The first-order chi connectivity index (χ1) is 13.6. The second kappa shape index (κ2) is 9.06. The molecule has 1 aromatic carbocycles. The summed E-state index contributed by atoms with van der Waals surface area (Å²) in [7, 11) is 0. The Hall–Kier alpha value is -1.24. The Kier molecular flexibility index (Phi) is 6.48. The summed E-state index contributed by atoms with van der Waals surface area (Å²) >= 11 is 1.83. The van der Waals surface area contributed by atoms with E-state index in [1.807, 2.05) is 11.8 Å². The number of aliphatic imine (C=N–C) groups is 1. The van der Waals surface area contributed by atoms with Crippen LogP contribution in [0.1, 0.15) is 44.6 Å². The summed E-state index contributed by atoms with van der Waals surface area (Å²) in [6.07, 6.45) is 5.81. The molecular formula is C22H34N4OS. The Balaban J connectivity index is 1.35. The maximum atomic E-state index is 10.6. The van der Waals surface area contributed by atoms with Crippen LogP contribution < -0.4 is 10.6 Å². The van der Waals surface area contributed by atoms with Crippen LogP contribution in [-0.2, 0) is 6.54 Å². The van der Waals surface area contributed by atoms with Crippen molar-refractivity contribution in [1.29, 1.82) is 0 Å². The molecule has 3 unspecified atom stereocenters. The van der Waals surface area contributed by atoms with Crippen molar-refractivity contribution in [3.8, 4) is 0 Å². The molecule has 3 heterocycles. The third-order valence-electron chi connectivity index (χ3n) is 6.39. The summed E-state index contributed by atoms with van der Waals surface area (Å²) in [4.78, 5) is 7.45. The van der Waals surface area contributed by atoms with Crippen molar-refractivity contribution in [2.45, 2.75) is 69.3 Å². The van der Waals surface area contributed by atoms with Gasteiger partial charge in [0.1, 0.15) is 0 Å². The highest BCUT2D eigenvalue weighted by molar-refractivity contribution is 7.99. The SMILES string of the molecule is CCNC(=NCC1(O)CCSC1)NC1CC2CCC(C1)N2Cc1ccccc1. The van der Waals surface area contributed by atoms with Crippen LogP contribution in [0.25, 0.3) is 0 Å². The van der Waals surface area contributed by atoms with E-state index in [1.165, 1.54) is 31.2 Å². The first-order valence-electron chi connectivity index (χ1n) is 10.8. The minimum atomic E-state index is -0.620. The van der Waals surface area contributed by atoms with Gasteiger partial charge in [0.15, 0.2) is 5.96 Å². The van der Waals surface area contributed by atoms with Crippen LogP contribution in [0.3, 0.4) is 0 Å². The molecule has 154 valence electrons. The molecule has 3 N–H and O–H groups in total. The lowest BCUT2D eigenvalue weighted by molar-refractivity contribution is 0.0776. The third kappa shape index (κ3) is 4.84. The number of thioether (sulfide) groups is 1. The molecule has 0 radical (unpaired) electrons. The lowest BCUT2D eigenvalue weighted by Gasteiger charge is -2.39. The van der Waals surface area contributed by atoms with Crippen LogP contribution in [0.4, 0.5) is 0 Å². The fourth-order valence-electron chi connectivity index (χ4n) is 4.91. The Bertz CT molecular complexity index is 648. The van der Waals surface area contributed by atoms with Crippen molar-refractivity contribution in [3.63, 3.8) is 0 Å². The normalized spacial score (nSPS) is 33.2. The van der Waals surface area contributed by atoms with E-state index in [1.54, 1.807) is 0 Å². The van der Waals surface area contributed by atoms with Gasteiger partial charge >= 0.3 is 0 Å². The number of fused-ring (bicyclic) bond motifs is 2. The first-order valence-corrected chi connectivity index (χ1v) is 12.0. The van der Waals surface area contributed by atoms with Gasteiger partial charge < -0.3 is 15.7 Å². The van der Waals surface area contributed by atoms with Gasteiger partial charge in [0.25, 0.3) is 0 Å². The molecule has 4 rings (SSSR count). The second-order valence-corrected chi connectivity index (χ2v) is 9.68. The lowest BCUT2D eigenvalue weighted by Crippen LogP contribution is -2.52. The van der Waals surface area contributed by atoms with Crippen molar-refractivity contribution in [1.82, 2.24) is 15.5 Å². The number of piperidine rings is 1. The largest absolute Gasteiger partial charge is 0.387 e. The highest BCUT2D eigenvalue weighted by Gasteiger charge is 2.40. The fourth-order valence-corrected chi connectivity index (χ4v) is 6.19. The Morgan fingerprint density at radius 3 is 2.64 bits per heavy atom. The second-order valence-electron chi connectivity index (χ2n) is 8.58. The van der Waals surface area contributed by atoms with E-state index in [0.717, 1.165) is 37.0 Å². The molecule has 3 atom stereocenters. The molecule has 0 aromatic heterocycles. The molecule has 3 aliphatic heterocycles. The quantitative estimate of drug-likeness (QED) is 0.504. The zero-order valence-electron chi connectivity index (χ0n) is 16.9. The monoisotopic (exact) mass is 402 g/mol. The maximum absolute atomic E-state index is 10.6. The molecule has 0 amide bonds. The number of hydrogen-bond donors (Lipinski definition) is 3. The minimum Gasteiger partial charge on any atom is -0.387 e. The minimum absolute atomic E-state index is 0.468. The highest BCUT2D eigenvalue weighted by Crippen LogP contribution is 2.37. The van der Waals surface area contributed by atoms with Crippen molar-refractivity contribution in [3.05, 3.63) is 35.9 Å². The molecule has 0 aliphatic carbocycles. The van der Waals surface area contributed by atoms with E-state index in [-0.39, 0.29) is 0 Å². The number of hydrogen-bond acceptors (Lipinski definition) is 4. The van der Waals surface area contributed by atoms with Crippen LogP contribution in [0.5, 0.6) is 0 Å². The number of guanidine groups is 1. The number of benzene rings is 1. The van der Waals surface area contributed by atoms with Gasteiger partial charge in [0, 0.05) is 37.0 Å². The lowest BCUT2D eigenvalue weighted by atomic mass is 9.96. The molecule has 3 fully saturated rings. The molecule has 1 aromatic rings. The smallest absolute Gasteiger partial charge is 0.191 e. The Morgan fingerprint density at radius 1 is 1.25 bits per heavy atom. The standard InChI is InChI=1S/C22H34N4OS/c1-2-23-21(24-15-22(27)10-11-28-16-22)25-18-12-19-8-9-20(13-18)26(19)14-17-6-4-3-5-7-17/h3-7,18-20,27H,2,8-16H2,1H3,(H2,23,24,25). The van der Waals surface area contributed by atoms with Crippen molar-refractivity contribution in [2.24, 2.45) is 4.99 Å². The van der Waals surface area contributed by atoms with Gasteiger partial charge in [0.2, 0.25) is 0 Å². The Labute approximate surface area is 173 Å². The van der Waals surface area contributed by atoms with Gasteiger partial charge in [-0.3, -0.25) is 9.89 Å².